The van der Waals surface area contributed by atoms with Crippen LogP contribution < -0.4 is 10.5 Å². The van der Waals surface area contributed by atoms with Gasteiger partial charge in [0.1, 0.15) is 0 Å². The molecule has 0 bridgehead atoms. The van der Waals surface area contributed by atoms with Gasteiger partial charge in [0.25, 0.3) is 0 Å². The summed E-state index contributed by atoms with van der Waals surface area (Å²) < 4.78 is 29.5. The summed E-state index contributed by atoms with van der Waals surface area (Å²) in [6, 6.07) is -0.723. The molecule has 0 saturated heterocycles. The molecule has 16 heavy (non-hydrogen) atoms. The van der Waals surface area contributed by atoms with Crippen molar-refractivity contribution in [3.63, 3.8) is 0 Å². The number of ether oxygens (including phenoxy) is 1. The Balaban J connectivity index is 4.42. The zero-order valence-electron chi connectivity index (χ0n) is 9.50. The van der Waals surface area contributed by atoms with Gasteiger partial charge in [0, 0.05) is 12.6 Å². The average Bonchev–Trinajstić information content (AvgIpc) is 2.23. The minimum atomic E-state index is -3.82. The first-order valence-electron chi connectivity index (χ1n) is 4.72. The molecule has 0 spiro atoms. The normalized spacial score (nSPS) is 17.6. The molecule has 8 heteroatoms. The first-order valence-corrected chi connectivity index (χ1v) is 6.27. The van der Waals surface area contributed by atoms with Gasteiger partial charge in [0.05, 0.1) is 13.2 Å². The van der Waals surface area contributed by atoms with Crippen molar-refractivity contribution in [1.82, 2.24) is 4.72 Å². The number of esters is 1. The lowest BCUT2D eigenvalue weighted by atomic mass is 10.2. The molecule has 0 aromatic heterocycles. The number of rotatable bonds is 6. The fourth-order valence-electron chi connectivity index (χ4n) is 0.801. The van der Waals surface area contributed by atoms with Crippen molar-refractivity contribution in [2.75, 3.05) is 13.7 Å². The summed E-state index contributed by atoms with van der Waals surface area (Å²) in [6.45, 7) is 2.52. The van der Waals surface area contributed by atoms with Crippen molar-refractivity contribution in [1.29, 1.82) is 0 Å². The van der Waals surface area contributed by atoms with E-state index in [1.807, 2.05) is 0 Å². The fourth-order valence-corrected chi connectivity index (χ4v) is 1.82. The van der Waals surface area contributed by atoms with Gasteiger partial charge in [0.15, 0.2) is 5.25 Å². The van der Waals surface area contributed by atoms with E-state index in [2.05, 4.69) is 9.46 Å². The largest absolute Gasteiger partial charge is 0.468 e. The fraction of sp³-hybridized carbons (Fsp3) is 0.875. The van der Waals surface area contributed by atoms with Gasteiger partial charge in [0.2, 0.25) is 10.0 Å². The standard InChI is InChI=1S/C8H18N2O5S/c1-5(11)7(9)4-10-16(13,14)6(2)8(12)15-3/h5-7,10-11H,4,9H2,1-3H3. The molecule has 0 amide bonds. The second-order valence-electron chi connectivity index (χ2n) is 3.46. The van der Waals surface area contributed by atoms with Crippen LogP contribution in [0.4, 0.5) is 0 Å². The third-order valence-electron chi connectivity index (χ3n) is 2.14. The maximum Gasteiger partial charge on any atom is 0.325 e. The number of carbonyl (C=O) groups excluding carboxylic acids is 1. The molecule has 4 N–H and O–H groups in total. The summed E-state index contributed by atoms with van der Waals surface area (Å²) in [5.74, 6) is -0.849. The molecule has 7 nitrogen and oxygen atoms in total. The van der Waals surface area contributed by atoms with Crippen LogP contribution in [0.1, 0.15) is 13.8 Å². The maximum atomic E-state index is 11.5. The molecule has 0 rings (SSSR count). The highest BCUT2D eigenvalue weighted by molar-refractivity contribution is 7.90. The van der Waals surface area contributed by atoms with E-state index in [9.17, 15) is 13.2 Å². The van der Waals surface area contributed by atoms with E-state index in [1.54, 1.807) is 0 Å². The first-order chi connectivity index (χ1) is 7.22. The quantitative estimate of drug-likeness (QED) is 0.480. The SMILES string of the molecule is COC(=O)C(C)S(=O)(=O)NCC(N)C(C)O. The van der Waals surface area contributed by atoms with Gasteiger partial charge in [-0.2, -0.15) is 0 Å². The van der Waals surface area contributed by atoms with Gasteiger partial charge in [-0.25, -0.2) is 13.1 Å². The Hall–Kier alpha value is -0.700. The smallest absolute Gasteiger partial charge is 0.325 e. The third-order valence-corrected chi connectivity index (χ3v) is 3.83. The van der Waals surface area contributed by atoms with Crippen LogP contribution >= 0.6 is 0 Å². The molecule has 0 saturated carbocycles. The van der Waals surface area contributed by atoms with Crippen molar-refractivity contribution in [2.45, 2.75) is 31.2 Å². The summed E-state index contributed by atoms with van der Waals surface area (Å²) in [6.07, 6.45) is -0.837. The number of nitrogens with one attached hydrogen (secondary N) is 1. The lowest BCUT2D eigenvalue weighted by Crippen LogP contribution is -2.47. The average molecular weight is 254 g/mol. The highest BCUT2D eigenvalue weighted by Gasteiger charge is 2.29. The first kappa shape index (κ1) is 15.3. The zero-order valence-corrected chi connectivity index (χ0v) is 10.3. The maximum absolute atomic E-state index is 11.5. The Bertz CT molecular complexity index is 327. The van der Waals surface area contributed by atoms with E-state index >= 15 is 0 Å². The van der Waals surface area contributed by atoms with Crippen LogP contribution in [-0.2, 0) is 19.6 Å². The zero-order chi connectivity index (χ0) is 12.9. The van der Waals surface area contributed by atoms with E-state index in [1.165, 1.54) is 13.8 Å². The van der Waals surface area contributed by atoms with Gasteiger partial charge < -0.3 is 15.6 Å². The Kier molecular flexibility index (Phi) is 5.87. The number of carbonyl (C=O) groups is 1. The summed E-state index contributed by atoms with van der Waals surface area (Å²) in [4.78, 5) is 11.0. The van der Waals surface area contributed by atoms with Crippen molar-refractivity contribution in [3.8, 4) is 0 Å². The molecule has 0 fully saturated rings. The van der Waals surface area contributed by atoms with Gasteiger partial charge in [-0.3, -0.25) is 4.79 Å². The number of sulfonamides is 1. The predicted octanol–water partition coefficient (Wildman–Crippen LogP) is -1.82. The molecule has 0 aromatic rings. The molecule has 0 heterocycles. The van der Waals surface area contributed by atoms with E-state index in [0.717, 1.165) is 7.11 Å². The van der Waals surface area contributed by atoms with Crippen LogP contribution in [0.5, 0.6) is 0 Å². The Morgan fingerprint density at radius 2 is 2.00 bits per heavy atom. The highest BCUT2D eigenvalue weighted by Crippen LogP contribution is 2.00. The van der Waals surface area contributed by atoms with E-state index < -0.39 is 33.4 Å². The Morgan fingerprint density at radius 1 is 1.50 bits per heavy atom. The van der Waals surface area contributed by atoms with Crippen LogP contribution in [0, 0.1) is 0 Å². The minimum Gasteiger partial charge on any atom is -0.468 e. The van der Waals surface area contributed by atoms with Gasteiger partial charge >= 0.3 is 5.97 Å². The summed E-state index contributed by atoms with van der Waals surface area (Å²) in [7, 11) is -2.71. The topological polar surface area (TPSA) is 119 Å². The minimum absolute atomic E-state index is 0.138. The van der Waals surface area contributed by atoms with Crippen molar-refractivity contribution in [2.24, 2.45) is 5.73 Å². The van der Waals surface area contributed by atoms with E-state index in [-0.39, 0.29) is 6.54 Å². The molecule has 3 atom stereocenters. The van der Waals surface area contributed by atoms with Crippen molar-refractivity contribution in [3.05, 3.63) is 0 Å². The number of hydrogen-bond acceptors (Lipinski definition) is 6. The number of aliphatic hydroxyl groups is 1. The van der Waals surface area contributed by atoms with Crippen LogP contribution in [0.15, 0.2) is 0 Å². The van der Waals surface area contributed by atoms with Crippen molar-refractivity contribution < 1.29 is 23.1 Å². The molecular weight excluding hydrogens is 236 g/mol. The van der Waals surface area contributed by atoms with E-state index in [4.69, 9.17) is 10.8 Å². The number of methoxy groups -OCH3 is 1. The van der Waals surface area contributed by atoms with Gasteiger partial charge in [-0.1, -0.05) is 0 Å². The van der Waals surface area contributed by atoms with Crippen LogP contribution in [0.3, 0.4) is 0 Å². The number of aliphatic hydroxyl groups excluding tert-OH is 1. The van der Waals surface area contributed by atoms with Crippen LogP contribution in [0.2, 0.25) is 0 Å². The molecule has 0 aliphatic heterocycles. The van der Waals surface area contributed by atoms with Gasteiger partial charge in [-0.15, -0.1) is 0 Å². The summed E-state index contributed by atoms with van der Waals surface area (Å²) in [5, 5.41) is 7.75. The molecule has 96 valence electrons. The Morgan fingerprint density at radius 3 is 2.38 bits per heavy atom. The van der Waals surface area contributed by atoms with Crippen molar-refractivity contribution >= 4 is 16.0 Å². The van der Waals surface area contributed by atoms with Crippen LogP contribution in [-0.4, -0.2) is 50.5 Å². The molecule has 0 aliphatic carbocycles. The second kappa shape index (κ2) is 6.14. The third kappa shape index (κ3) is 4.44. The summed E-state index contributed by atoms with van der Waals surface area (Å²) in [5.41, 5.74) is 5.44. The van der Waals surface area contributed by atoms with Crippen LogP contribution in [0.25, 0.3) is 0 Å². The molecule has 3 unspecified atom stereocenters. The monoisotopic (exact) mass is 254 g/mol. The summed E-state index contributed by atoms with van der Waals surface area (Å²) >= 11 is 0. The predicted molar refractivity (Wildman–Crippen MR) is 58.1 cm³/mol. The van der Waals surface area contributed by atoms with Gasteiger partial charge in [-0.05, 0) is 13.8 Å². The molecular formula is C8H18N2O5S. The molecule has 0 radical (unpaired) electrons. The lowest BCUT2D eigenvalue weighted by Gasteiger charge is -2.17. The lowest BCUT2D eigenvalue weighted by molar-refractivity contribution is -0.139. The molecule has 0 aliphatic rings. The molecule has 0 aromatic carbocycles. The second-order valence-corrected chi connectivity index (χ2v) is 5.55. The highest BCUT2D eigenvalue weighted by atomic mass is 32.2. The number of hydrogen-bond donors (Lipinski definition) is 3. The Labute approximate surface area is 95.0 Å². The number of nitrogens with two attached hydrogens (primary N) is 1. The van der Waals surface area contributed by atoms with E-state index in [0.29, 0.717) is 0 Å².